The van der Waals surface area contributed by atoms with Gasteiger partial charge in [0.1, 0.15) is 0 Å². The second-order valence-corrected chi connectivity index (χ2v) is 4.28. The van der Waals surface area contributed by atoms with Crippen molar-refractivity contribution in [1.29, 1.82) is 0 Å². The van der Waals surface area contributed by atoms with E-state index in [1.54, 1.807) is 7.11 Å². The van der Waals surface area contributed by atoms with Crippen LogP contribution in [0.4, 0.5) is 0 Å². The van der Waals surface area contributed by atoms with Gasteiger partial charge in [0.15, 0.2) is 5.96 Å². The van der Waals surface area contributed by atoms with E-state index in [4.69, 9.17) is 10.5 Å². The molecule has 0 radical (unpaired) electrons. The number of nitrogens with two attached hydrogens (primary N) is 1. The second-order valence-electron chi connectivity index (χ2n) is 4.28. The molecule has 6 heteroatoms. The predicted octanol–water partition coefficient (Wildman–Crippen LogP) is 0.459. The fourth-order valence-corrected chi connectivity index (χ4v) is 1.57. The van der Waals surface area contributed by atoms with Gasteiger partial charge in [-0.25, -0.2) is 0 Å². The summed E-state index contributed by atoms with van der Waals surface area (Å²) < 4.78 is 4.96. The maximum Gasteiger partial charge on any atom is 0.188 e. The van der Waals surface area contributed by atoms with Crippen molar-refractivity contribution in [3.8, 4) is 0 Å². The average Bonchev–Trinajstić information content (AvgIpc) is 2.12. The first-order valence-corrected chi connectivity index (χ1v) is 5.33. The molecule has 1 fully saturated rings. The van der Waals surface area contributed by atoms with Gasteiger partial charge in [0, 0.05) is 13.2 Å². The van der Waals surface area contributed by atoms with Crippen molar-refractivity contribution in [2.75, 3.05) is 20.3 Å². The maximum atomic E-state index is 9.78. The van der Waals surface area contributed by atoms with Crippen LogP contribution in [-0.4, -0.2) is 43.0 Å². The number of nitrogens with zero attached hydrogens (tertiary/aromatic N) is 1. The fraction of sp³-hybridized carbons (Fsp3) is 0.900. The highest BCUT2D eigenvalue weighted by molar-refractivity contribution is 14.0. The Balaban J connectivity index is 0.00000225. The van der Waals surface area contributed by atoms with Gasteiger partial charge in [-0.1, -0.05) is 0 Å². The molecule has 0 bridgehead atoms. The number of hydrogen-bond donors (Lipinski definition) is 3. The fourth-order valence-electron chi connectivity index (χ4n) is 1.57. The van der Waals surface area contributed by atoms with E-state index in [-0.39, 0.29) is 30.0 Å². The van der Waals surface area contributed by atoms with Crippen LogP contribution >= 0.6 is 24.0 Å². The molecule has 1 unspecified atom stereocenters. The second kappa shape index (κ2) is 7.29. The lowest BCUT2D eigenvalue weighted by molar-refractivity contribution is -0.0236. The van der Waals surface area contributed by atoms with Crippen LogP contribution in [0.25, 0.3) is 0 Å². The van der Waals surface area contributed by atoms with Gasteiger partial charge >= 0.3 is 0 Å². The Morgan fingerprint density at radius 1 is 1.62 bits per heavy atom. The Morgan fingerprint density at radius 2 is 2.25 bits per heavy atom. The molecule has 1 atom stereocenters. The highest BCUT2D eigenvalue weighted by atomic mass is 127. The number of ether oxygens (including phenoxy) is 1. The monoisotopic (exact) mass is 343 g/mol. The van der Waals surface area contributed by atoms with Gasteiger partial charge in [0.2, 0.25) is 0 Å². The minimum atomic E-state index is -0.600. The highest BCUT2D eigenvalue weighted by Crippen LogP contribution is 2.31. The minimum Gasteiger partial charge on any atom is -0.388 e. The Hall–Kier alpha value is -0.0800. The summed E-state index contributed by atoms with van der Waals surface area (Å²) in [6.07, 6.45) is 2.74. The van der Waals surface area contributed by atoms with Crippen LogP contribution in [0.2, 0.25) is 0 Å². The molecule has 0 spiro atoms. The number of aliphatic hydroxyl groups is 1. The lowest BCUT2D eigenvalue weighted by Crippen LogP contribution is -2.44. The quantitative estimate of drug-likeness (QED) is 0.385. The third kappa shape index (κ3) is 5.31. The van der Waals surface area contributed by atoms with E-state index in [1.807, 2.05) is 6.92 Å². The maximum absolute atomic E-state index is 9.78. The van der Waals surface area contributed by atoms with Crippen molar-refractivity contribution in [3.05, 3.63) is 0 Å². The molecule has 0 aromatic heterocycles. The first-order valence-electron chi connectivity index (χ1n) is 5.33. The summed E-state index contributed by atoms with van der Waals surface area (Å²) in [7, 11) is 1.64. The van der Waals surface area contributed by atoms with Gasteiger partial charge in [-0.15, -0.1) is 24.0 Å². The van der Waals surface area contributed by atoms with Gasteiger partial charge in [-0.2, -0.15) is 0 Å². The molecule has 1 aliphatic carbocycles. The number of nitrogens with one attached hydrogen (secondary N) is 1. The van der Waals surface area contributed by atoms with Crippen LogP contribution in [0.3, 0.4) is 0 Å². The number of methoxy groups -OCH3 is 1. The van der Waals surface area contributed by atoms with E-state index in [2.05, 4.69) is 10.3 Å². The van der Waals surface area contributed by atoms with E-state index in [9.17, 15) is 5.11 Å². The van der Waals surface area contributed by atoms with Crippen molar-refractivity contribution in [2.45, 2.75) is 37.8 Å². The molecule has 0 saturated heterocycles. The number of aliphatic imine (C=N–C) groups is 1. The lowest BCUT2D eigenvalue weighted by Gasteiger charge is -2.35. The standard InChI is InChI=1S/C10H21N3O2.HI/c1-8(6-15-2)13-9(11)12-7-10(14)4-3-5-10;/h8,14H,3-7H2,1-2H3,(H3,11,12,13);1H. The van der Waals surface area contributed by atoms with Crippen LogP contribution in [0.5, 0.6) is 0 Å². The molecule has 16 heavy (non-hydrogen) atoms. The molecule has 0 aromatic carbocycles. The van der Waals surface area contributed by atoms with Crippen LogP contribution in [0.15, 0.2) is 4.99 Å². The van der Waals surface area contributed by atoms with Crippen molar-refractivity contribution >= 4 is 29.9 Å². The van der Waals surface area contributed by atoms with E-state index < -0.39 is 5.60 Å². The summed E-state index contributed by atoms with van der Waals surface area (Å²) in [6, 6.07) is 0.134. The van der Waals surface area contributed by atoms with E-state index in [0.717, 1.165) is 19.3 Å². The SMILES string of the molecule is COCC(C)NC(N)=NCC1(O)CCC1.I. The van der Waals surface area contributed by atoms with E-state index in [1.165, 1.54) is 0 Å². The smallest absolute Gasteiger partial charge is 0.188 e. The first-order chi connectivity index (χ1) is 7.06. The topological polar surface area (TPSA) is 79.9 Å². The third-order valence-corrected chi connectivity index (χ3v) is 2.64. The molecule has 96 valence electrons. The number of hydrogen-bond acceptors (Lipinski definition) is 3. The van der Waals surface area contributed by atoms with Crippen molar-refractivity contribution < 1.29 is 9.84 Å². The first kappa shape index (κ1) is 15.9. The predicted molar refractivity (Wildman–Crippen MR) is 75.2 cm³/mol. The lowest BCUT2D eigenvalue weighted by atomic mass is 9.80. The summed E-state index contributed by atoms with van der Waals surface area (Å²) >= 11 is 0. The van der Waals surface area contributed by atoms with E-state index in [0.29, 0.717) is 19.1 Å². The molecular formula is C10H22IN3O2. The normalized spacial score (nSPS) is 20.6. The Labute approximate surface area is 114 Å². The molecule has 1 saturated carbocycles. The van der Waals surface area contributed by atoms with Gasteiger partial charge in [0.05, 0.1) is 18.8 Å². The summed E-state index contributed by atoms with van der Waals surface area (Å²) in [6.45, 7) is 2.94. The van der Waals surface area contributed by atoms with E-state index >= 15 is 0 Å². The minimum absolute atomic E-state index is 0. The number of halogens is 1. The van der Waals surface area contributed by atoms with Crippen molar-refractivity contribution in [3.63, 3.8) is 0 Å². The Bertz CT molecular complexity index is 232. The zero-order valence-electron chi connectivity index (χ0n) is 9.90. The Kier molecular flexibility index (Phi) is 7.25. The molecule has 0 aliphatic heterocycles. The summed E-state index contributed by atoms with van der Waals surface area (Å²) in [5, 5.41) is 12.8. The molecule has 1 rings (SSSR count). The zero-order valence-corrected chi connectivity index (χ0v) is 12.2. The third-order valence-electron chi connectivity index (χ3n) is 2.64. The van der Waals surface area contributed by atoms with Crippen LogP contribution in [0.1, 0.15) is 26.2 Å². The zero-order chi connectivity index (χ0) is 11.3. The molecule has 4 N–H and O–H groups in total. The average molecular weight is 343 g/mol. The number of guanidine groups is 1. The summed E-state index contributed by atoms with van der Waals surface area (Å²) in [4.78, 5) is 4.12. The van der Waals surface area contributed by atoms with Crippen molar-refractivity contribution in [1.82, 2.24) is 5.32 Å². The molecule has 0 aromatic rings. The van der Waals surface area contributed by atoms with Gasteiger partial charge < -0.3 is 20.9 Å². The Morgan fingerprint density at radius 3 is 2.69 bits per heavy atom. The molecular weight excluding hydrogens is 321 g/mol. The van der Waals surface area contributed by atoms with Gasteiger partial charge in [0.25, 0.3) is 0 Å². The van der Waals surface area contributed by atoms with Crippen LogP contribution in [0, 0.1) is 0 Å². The van der Waals surface area contributed by atoms with Gasteiger partial charge in [-0.05, 0) is 26.2 Å². The van der Waals surface area contributed by atoms with Crippen molar-refractivity contribution in [2.24, 2.45) is 10.7 Å². The number of rotatable bonds is 5. The molecule has 0 heterocycles. The molecule has 5 nitrogen and oxygen atoms in total. The van der Waals surface area contributed by atoms with Crippen LogP contribution < -0.4 is 11.1 Å². The molecule has 0 amide bonds. The highest BCUT2D eigenvalue weighted by Gasteiger charge is 2.33. The van der Waals surface area contributed by atoms with Gasteiger partial charge in [-0.3, -0.25) is 4.99 Å². The summed E-state index contributed by atoms with van der Waals surface area (Å²) in [5.74, 6) is 0.375. The summed E-state index contributed by atoms with van der Waals surface area (Å²) in [5.41, 5.74) is 5.06. The van der Waals surface area contributed by atoms with Crippen LogP contribution in [-0.2, 0) is 4.74 Å². The largest absolute Gasteiger partial charge is 0.388 e. The molecule has 1 aliphatic rings.